The molecule has 0 atom stereocenters. The molecule has 146 valence electrons. The molecule has 1 aromatic heterocycles. The zero-order chi connectivity index (χ0) is 18.2. The van der Waals surface area contributed by atoms with Gasteiger partial charge in [0.25, 0.3) is 0 Å². The van der Waals surface area contributed by atoms with Gasteiger partial charge in [-0.3, -0.25) is 0 Å². The van der Waals surface area contributed by atoms with Gasteiger partial charge < -0.3 is 0 Å². The molecule has 2 saturated carbocycles. The number of hydrogen-bond acceptors (Lipinski definition) is 2. The van der Waals surface area contributed by atoms with Crippen LogP contribution in [-0.4, -0.2) is 9.97 Å². The normalized spacial score (nSPS) is 29.6. The monoisotopic (exact) mass is 356 g/mol. The molecule has 0 amide bonds. The second-order valence-electron chi connectivity index (χ2n) is 9.17. The van der Waals surface area contributed by atoms with E-state index in [1.807, 2.05) is 0 Å². The third-order valence-corrected chi connectivity index (χ3v) is 7.12. The molecule has 0 aliphatic heterocycles. The van der Waals surface area contributed by atoms with E-state index in [4.69, 9.17) is 0 Å². The summed E-state index contributed by atoms with van der Waals surface area (Å²) in [5.74, 6) is 4.79. The molecule has 0 radical (unpaired) electrons. The van der Waals surface area contributed by atoms with E-state index < -0.39 is 0 Å². The Morgan fingerprint density at radius 3 is 1.69 bits per heavy atom. The summed E-state index contributed by atoms with van der Waals surface area (Å²) in [6.07, 6.45) is 23.7. The Morgan fingerprint density at radius 2 is 1.19 bits per heavy atom. The molecule has 2 aliphatic carbocycles. The SMILES string of the molecule is CCCc1cnc(C2CCC(CC[C@H]3CC[C@H](CCC)CC3)CC2)nc1. The van der Waals surface area contributed by atoms with E-state index in [9.17, 15) is 0 Å². The predicted molar refractivity (Wildman–Crippen MR) is 110 cm³/mol. The Bertz CT molecular complexity index is 493. The summed E-state index contributed by atoms with van der Waals surface area (Å²) in [5, 5.41) is 0. The minimum absolute atomic E-state index is 0.617. The highest BCUT2D eigenvalue weighted by Gasteiger charge is 2.26. The first kappa shape index (κ1) is 19.8. The van der Waals surface area contributed by atoms with Crippen LogP contribution >= 0.6 is 0 Å². The largest absolute Gasteiger partial charge is 0.241 e. The van der Waals surface area contributed by atoms with Gasteiger partial charge in [0.1, 0.15) is 5.82 Å². The van der Waals surface area contributed by atoms with E-state index in [-0.39, 0.29) is 0 Å². The Kier molecular flexibility index (Phi) is 7.95. The lowest BCUT2D eigenvalue weighted by molar-refractivity contribution is 0.223. The minimum atomic E-state index is 0.617. The number of rotatable bonds is 8. The Morgan fingerprint density at radius 1 is 0.692 bits per heavy atom. The van der Waals surface area contributed by atoms with Crippen LogP contribution in [0.3, 0.4) is 0 Å². The van der Waals surface area contributed by atoms with Crippen LogP contribution in [0, 0.1) is 17.8 Å². The summed E-state index contributed by atoms with van der Waals surface area (Å²) in [7, 11) is 0. The Balaban J connectivity index is 1.35. The number of hydrogen-bond donors (Lipinski definition) is 0. The van der Waals surface area contributed by atoms with Gasteiger partial charge in [0.15, 0.2) is 0 Å². The average molecular weight is 357 g/mol. The van der Waals surface area contributed by atoms with E-state index in [2.05, 4.69) is 36.2 Å². The molecule has 2 fully saturated rings. The maximum atomic E-state index is 4.68. The van der Waals surface area contributed by atoms with E-state index in [0.717, 1.165) is 30.0 Å². The molecule has 1 aromatic rings. The van der Waals surface area contributed by atoms with Gasteiger partial charge in [0.05, 0.1) is 0 Å². The molecule has 0 spiro atoms. The van der Waals surface area contributed by atoms with Gasteiger partial charge >= 0.3 is 0 Å². The van der Waals surface area contributed by atoms with Crippen LogP contribution in [0.15, 0.2) is 12.4 Å². The quantitative estimate of drug-likeness (QED) is 0.497. The zero-order valence-electron chi connectivity index (χ0n) is 17.3. The van der Waals surface area contributed by atoms with Crippen LogP contribution in [0.25, 0.3) is 0 Å². The second-order valence-corrected chi connectivity index (χ2v) is 9.17. The van der Waals surface area contributed by atoms with Crippen molar-refractivity contribution in [3.63, 3.8) is 0 Å². The third kappa shape index (κ3) is 5.79. The molecule has 2 aliphatic rings. The van der Waals surface area contributed by atoms with Gasteiger partial charge in [-0.25, -0.2) is 9.97 Å². The molecule has 0 saturated heterocycles. The van der Waals surface area contributed by atoms with Crippen molar-refractivity contribution < 1.29 is 0 Å². The summed E-state index contributed by atoms with van der Waals surface area (Å²) in [4.78, 5) is 9.35. The van der Waals surface area contributed by atoms with Crippen LogP contribution < -0.4 is 0 Å². The smallest absolute Gasteiger partial charge is 0.131 e. The topological polar surface area (TPSA) is 25.8 Å². The molecule has 3 rings (SSSR count). The van der Waals surface area contributed by atoms with Crippen LogP contribution in [-0.2, 0) is 6.42 Å². The first-order chi connectivity index (χ1) is 12.8. The van der Waals surface area contributed by atoms with Crippen LogP contribution in [0.4, 0.5) is 0 Å². The van der Waals surface area contributed by atoms with Gasteiger partial charge in [0, 0.05) is 18.3 Å². The van der Waals surface area contributed by atoms with Crippen LogP contribution in [0.1, 0.15) is 115 Å². The summed E-state index contributed by atoms with van der Waals surface area (Å²) in [6.45, 7) is 4.55. The Labute approximate surface area is 161 Å². The number of nitrogens with zero attached hydrogens (tertiary/aromatic N) is 2. The molecule has 2 nitrogen and oxygen atoms in total. The lowest BCUT2D eigenvalue weighted by Gasteiger charge is -2.31. The molecule has 0 aromatic carbocycles. The van der Waals surface area contributed by atoms with Gasteiger partial charge in [-0.05, 0) is 55.4 Å². The van der Waals surface area contributed by atoms with Crippen molar-refractivity contribution >= 4 is 0 Å². The third-order valence-electron chi connectivity index (χ3n) is 7.12. The van der Waals surface area contributed by atoms with Crippen LogP contribution in [0.5, 0.6) is 0 Å². The molecule has 2 heteroatoms. The molecule has 0 N–H and O–H groups in total. The zero-order valence-corrected chi connectivity index (χ0v) is 17.3. The van der Waals surface area contributed by atoms with Gasteiger partial charge in [0.2, 0.25) is 0 Å². The van der Waals surface area contributed by atoms with Crippen LogP contribution in [0.2, 0.25) is 0 Å². The van der Waals surface area contributed by atoms with Gasteiger partial charge in [-0.15, -0.1) is 0 Å². The van der Waals surface area contributed by atoms with Crippen molar-refractivity contribution in [1.29, 1.82) is 0 Å². The lowest BCUT2D eigenvalue weighted by atomic mass is 9.75. The minimum Gasteiger partial charge on any atom is -0.241 e. The van der Waals surface area contributed by atoms with Crippen molar-refractivity contribution in [2.45, 2.75) is 110 Å². The fourth-order valence-corrected chi connectivity index (χ4v) is 5.39. The highest BCUT2D eigenvalue weighted by Crippen LogP contribution is 2.39. The highest BCUT2D eigenvalue weighted by atomic mass is 14.9. The first-order valence-electron chi connectivity index (χ1n) is 11.6. The van der Waals surface area contributed by atoms with Crippen molar-refractivity contribution in [2.75, 3.05) is 0 Å². The van der Waals surface area contributed by atoms with Crippen molar-refractivity contribution in [2.24, 2.45) is 17.8 Å². The summed E-state index contributed by atoms with van der Waals surface area (Å²) >= 11 is 0. The molecular formula is C24H40N2. The van der Waals surface area contributed by atoms with Crippen molar-refractivity contribution in [3.05, 3.63) is 23.8 Å². The molecule has 0 unspecified atom stereocenters. The number of aromatic nitrogens is 2. The fraction of sp³-hybridized carbons (Fsp3) is 0.833. The van der Waals surface area contributed by atoms with E-state index >= 15 is 0 Å². The molecule has 1 heterocycles. The van der Waals surface area contributed by atoms with Crippen molar-refractivity contribution in [1.82, 2.24) is 9.97 Å². The highest BCUT2D eigenvalue weighted by molar-refractivity contribution is 5.08. The summed E-state index contributed by atoms with van der Waals surface area (Å²) < 4.78 is 0. The number of aryl methyl sites for hydroxylation is 1. The summed E-state index contributed by atoms with van der Waals surface area (Å²) in [6, 6.07) is 0. The molecular weight excluding hydrogens is 316 g/mol. The maximum absolute atomic E-state index is 4.68. The standard InChI is InChI=1S/C24H40N2/c1-3-5-19-7-9-20(10-8-19)11-12-21-13-15-23(16-14-21)24-25-17-22(6-4-2)18-26-24/h17-21,23H,3-16H2,1-2H3/t19-,20-,21?,23?. The summed E-state index contributed by atoms with van der Waals surface area (Å²) in [5.41, 5.74) is 1.29. The van der Waals surface area contributed by atoms with E-state index in [1.54, 1.807) is 0 Å². The average Bonchev–Trinajstić information content (AvgIpc) is 2.69. The maximum Gasteiger partial charge on any atom is 0.131 e. The predicted octanol–water partition coefficient (Wildman–Crippen LogP) is 7.09. The van der Waals surface area contributed by atoms with Crippen molar-refractivity contribution in [3.8, 4) is 0 Å². The Hall–Kier alpha value is -0.920. The fourth-order valence-electron chi connectivity index (χ4n) is 5.39. The van der Waals surface area contributed by atoms with Gasteiger partial charge in [-0.2, -0.15) is 0 Å². The molecule has 26 heavy (non-hydrogen) atoms. The van der Waals surface area contributed by atoms with Gasteiger partial charge in [-0.1, -0.05) is 71.6 Å². The second kappa shape index (κ2) is 10.4. The first-order valence-corrected chi connectivity index (χ1v) is 11.6. The van der Waals surface area contributed by atoms with E-state index in [1.165, 1.54) is 89.0 Å². The van der Waals surface area contributed by atoms with E-state index in [0.29, 0.717) is 5.92 Å². The molecule has 0 bridgehead atoms. The lowest BCUT2D eigenvalue weighted by Crippen LogP contribution is -2.18.